The van der Waals surface area contributed by atoms with E-state index in [1.807, 2.05) is 12.3 Å². The fraction of sp³-hybridized carbons (Fsp3) is 0.550. The summed E-state index contributed by atoms with van der Waals surface area (Å²) in [7, 11) is 0. The van der Waals surface area contributed by atoms with Crippen LogP contribution in [0.1, 0.15) is 48.3 Å². The Hall–Kier alpha value is -1.72. The van der Waals surface area contributed by atoms with E-state index in [9.17, 15) is 4.39 Å². The smallest absolute Gasteiger partial charge is 0.123 e. The maximum Gasteiger partial charge on any atom is 0.123 e. The van der Waals surface area contributed by atoms with Crippen LogP contribution in [-0.2, 0) is 11.3 Å². The Balaban J connectivity index is 1.47. The van der Waals surface area contributed by atoms with E-state index in [-0.39, 0.29) is 5.82 Å². The van der Waals surface area contributed by atoms with Gasteiger partial charge in [0.2, 0.25) is 0 Å². The van der Waals surface area contributed by atoms with Crippen LogP contribution < -0.4 is 0 Å². The van der Waals surface area contributed by atoms with E-state index >= 15 is 0 Å². The van der Waals surface area contributed by atoms with Crippen molar-refractivity contribution in [2.75, 3.05) is 26.3 Å². The van der Waals surface area contributed by atoms with Gasteiger partial charge in [0, 0.05) is 56.7 Å². The lowest BCUT2D eigenvalue weighted by molar-refractivity contribution is 0.0824. The van der Waals surface area contributed by atoms with Gasteiger partial charge in [-0.15, -0.1) is 0 Å². The molecule has 2 saturated heterocycles. The third-order valence-corrected chi connectivity index (χ3v) is 5.50. The van der Waals surface area contributed by atoms with Crippen molar-refractivity contribution in [3.05, 3.63) is 53.4 Å². The molecule has 0 aliphatic carbocycles. The van der Waals surface area contributed by atoms with Gasteiger partial charge in [-0.3, -0.25) is 4.90 Å². The molecule has 25 heavy (non-hydrogen) atoms. The number of aryl methyl sites for hydroxylation is 1. The Morgan fingerprint density at radius 3 is 2.88 bits per heavy atom. The fourth-order valence-corrected chi connectivity index (χ4v) is 4.26. The van der Waals surface area contributed by atoms with Crippen LogP contribution in [0.15, 0.2) is 30.5 Å². The summed E-state index contributed by atoms with van der Waals surface area (Å²) >= 11 is 0. The quantitative estimate of drug-likeness (QED) is 0.848. The Kier molecular flexibility index (Phi) is 4.86. The monoisotopic (exact) mass is 343 g/mol. The number of rotatable bonds is 4. The van der Waals surface area contributed by atoms with E-state index in [1.54, 1.807) is 12.1 Å². The molecule has 4 nitrogen and oxygen atoms in total. The van der Waals surface area contributed by atoms with E-state index in [1.165, 1.54) is 17.6 Å². The molecule has 0 N–H and O–H groups in total. The number of benzene rings is 1. The molecule has 0 saturated carbocycles. The summed E-state index contributed by atoms with van der Waals surface area (Å²) in [6.45, 7) is 6.70. The molecule has 1 atom stereocenters. The molecule has 2 aromatic rings. The number of likely N-dealkylation sites (tertiary alicyclic amines) is 1. The largest absolute Gasteiger partial charge is 0.381 e. The molecule has 0 amide bonds. The van der Waals surface area contributed by atoms with E-state index < -0.39 is 0 Å². The van der Waals surface area contributed by atoms with E-state index in [4.69, 9.17) is 9.72 Å². The number of hydrogen-bond acceptors (Lipinski definition) is 3. The molecule has 2 aliphatic heterocycles. The molecule has 1 aromatic carbocycles. The Morgan fingerprint density at radius 2 is 2.08 bits per heavy atom. The predicted octanol–water partition coefficient (Wildman–Crippen LogP) is 3.67. The molecule has 2 fully saturated rings. The molecule has 3 heterocycles. The van der Waals surface area contributed by atoms with Crippen molar-refractivity contribution in [3.63, 3.8) is 0 Å². The zero-order chi connectivity index (χ0) is 17.2. The lowest BCUT2D eigenvalue weighted by Gasteiger charge is -2.26. The minimum absolute atomic E-state index is 0.152. The molecule has 0 spiro atoms. The maximum absolute atomic E-state index is 13.4. The molecule has 0 radical (unpaired) electrons. The number of nitrogens with zero attached hydrogens (tertiary/aromatic N) is 3. The summed E-state index contributed by atoms with van der Waals surface area (Å²) in [6.07, 6.45) is 5.27. The topological polar surface area (TPSA) is 30.3 Å². The minimum Gasteiger partial charge on any atom is -0.381 e. The first-order chi connectivity index (χ1) is 12.2. The summed E-state index contributed by atoms with van der Waals surface area (Å²) in [5.74, 6) is 1.60. The Morgan fingerprint density at radius 1 is 1.24 bits per heavy atom. The maximum atomic E-state index is 13.4. The molecular weight excluding hydrogens is 317 g/mol. The van der Waals surface area contributed by atoms with Crippen molar-refractivity contribution in [2.45, 2.75) is 44.7 Å². The summed E-state index contributed by atoms with van der Waals surface area (Å²) in [6, 6.07) is 7.41. The first kappa shape index (κ1) is 16.7. The lowest BCUT2D eigenvalue weighted by atomic mass is 9.99. The van der Waals surface area contributed by atoms with Gasteiger partial charge in [-0.05, 0) is 43.9 Å². The highest BCUT2D eigenvalue weighted by atomic mass is 19.1. The van der Waals surface area contributed by atoms with Crippen LogP contribution in [0.25, 0.3) is 0 Å². The van der Waals surface area contributed by atoms with Crippen molar-refractivity contribution in [1.29, 1.82) is 0 Å². The van der Waals surface area contributed by atoms with E-state index in [0.29, 0.717) is 12.0 Å². The second-order valence-corrected chi connectivity index (χ2v) is 7.32. The zero-order valence-corrected chi connectivity index (χ0v) is 14.8. The van der Waals surface area contributed by atoms with Crippen LogP contribution >= 0.6 is 0 Å². The molecule has 5 heteroatoms. The average Bonchev–Trinajstić information content (AvgIpc) is 3.22. The molecule has 1 unspecified atom stereocenters. The van der Waals surface area contributed by atoms with E-state index in [2.05, 4.69) is 16.4 Å². The van der Waals surface area contributed by atoms with Gasteiger partial charge in [0.25, 0.3) is 0 Å². The summed E-state index contributed by atoms with van der Waals surface area (Å²) < 4.78 is 21.4. The second-order valence-electron chi connectivity index (χ2n) is 7.32. The highest BCUT2D eigenvalue weighted by molar-refractivity contribution is 5.17. The van der Waals surface area contributed by atoms with Crippen molar-refractivity contribution in [1.82, 2.24) is 14.5 Å². The SMILES string of the molecule is Cc1cnc(C2CCOCC2)n1C1CCN(Cc2cccc(F)c2)C1. The lowest BCUT2D eigenvalue weighted by Crippen LogP contribution is -2.24. The molecular formula is C20H26FN3O. The first-order valence-corrected chi connectivity index (χ1v) is 9.29. The van der Waals surface area contributed by atoms with Crippen molar-refractivity contribution in [2.24, 2.45) is 0 Å². The number of aromatic nitrogens is 2. The third-order valence-electron chi connectivity index (χ3n) is 5.50. The number of hydrogen-bond donors (Lipinski definition) is 0. The number of ether oxygens (including phenoxy) is 1. The summed E-state index contributed by atoms with van der Waals surface area (Å²) in [5.41, 5.74) is 2.30. The van der Waals surface area contributed by atoms with Gasteiger partial charge in [0.05, 0.1) is 0 Å². The van der Waals surface area contributed by atoms with Gasteiger partial charge in [-0.1, -0.05) is 12.1 Å². The highest BCUT2D eigenvalue weighted by Crippen LogP contribution is 2.32. The molecule has 1 aromatic heterocycles. The number of halogens is 1. The standard InChI is InChI=1S/C20H26FN3O/c1-15-12-22-20(17-6-9-25-10-7-17)24(15)19-5-8-23(14-19)13-16-3-2-4-18(21)11-16/h2-4,11-12,17,19H,5-10,13-14H2,1H3. The van der Waals surface area contributed by atoms with Crippen molar-refractivity contribution >= 4 is 0 Å². The van der Waals surface area contributed by atoms with Gasteiger partial charge in [0.15, 0.2) is 0 Å². The third kappa shape index (κ3) is 3.62. The van der Waals surface area contributed by atoms with Crippen LogP contribution in [0.2, 0.25) is 0 Å². The van der Waals surface area contributed by atoms with Gasteiger partial charge < -0.3 is 9.30 Å². The van der Waals surface area contributed by atoms with Crippen molar-refractivity contribution in [3.8, 4) is 0 Å². The van der Waals surface area contributed by atoms with E-state index in [0.717, 1.165) is 57.7 Å². The fourth-order valence-electron chi connectivity index (χ4n) is 4.26. The zero-order valence-electron chi connectivity index (χ0n) is 14.8. The minimum atomic E-state index is -0.152. The van der Waals surface area contributed by atoms with Crippen LogP contribution in [0, 0.1) is 12.7 Å². The number of imidazole rings is 1. The van der Waals surface area contributed by atoms with Gasteiger partial charge in [-0.2, -0.15) is 0 Å². The molecule has 2 aliphatic rings. The van der Waals surface area contributed by atoms with Gasteiger partial charge >= 0.3 is 0 Å². The molecule has 134 valence electrons. The van der Waals surface area contributed by atoms with Crippen LogP contribution in [-0.4, -0.2) is 40.8 Å². The van der Waals surface area contributed by atoms with Gasteiger partial charge in [0.1, 0.15) is 11.6 Å². The summed E-state index contributed by atoms with van der Waals surface area (Å²) in [4.78, 5) is 7.17. The summed E-state index contributed by atoms with van der Waals surface area (Å²) in [5, 5.41) is 0. The van der Waals surface area contributed by atoms with Gasteiger partial charge in [-0.25, -0.2) is 9.37 Å². The Labute approximate surface area is 148 Å². The normalized spacial score (nSPS) is 22.6. The predicted molar refractivity (Wildman–Crippen MR) is 95.1 cm³/mol. The van der Waals surface area contributed by atoms with Crippen molar-refractivity contribution < 1.29 is 9.13 Å². The Bertz CT molecular complexity index is 723. The second kappa shape index (κ2) is 7.26. The first-order valence-electron chi connectivity index (χ1n) is 9.29. The van der Waals surface area contributed by atoms with Crippen LogP contribution in [0.4, 0.5) is 4.39 Å². The molecule has 0 bridgehead atoms. The molecule has 4 rings (SSSR count). The van der Waals surface area contributed by atoms with Crippen LogP contribution in [0.3, 0.4) is 0 Å². The highest BCUT2D eigenvalue weighted by Gasteiger charge is 2.29. The van der Waals surface area contributed by atoms with Crippen LogP contribution in [0.5, 0.6) is 0 Å². The average molecular weight is 343 g/mol.